The summed E-state index contributed by atoms with van der Waals surface area (Å²) in [5.41, 5.74) is 6.63. The van der Waals surface area contributed by atoms with Crippen LogP contribution in [0.15, 0.2) is 6.33 Å². The number of nitrogens with zero attached hydrogens (tertiary/aromatic N) is 3. The number of carbonyl (C=O) groups is 1. The molecule has 2 heterocycles. The lowest BCUT2D eigenvalue weighted by Gasteiger charge is -2.19. The Labute approximate surface area is 153 Å². The standard InChI is InChI=1S/C17H29N7O2/c1-17(2,3)26-16(25)20-10-8-6-4-5-7-9-19-15-23-13(18)12-14(24-15)22-11-21-12/h11H,4-10H2,1-3H3,(H,20,25)(H4,18,19,21,22,23,24). The number of aromatic nitrogens is 4. The van der Waals surface area contributed by atoms with E-state index in [0.717, 1.165) is 38.6 Å². The van der Waals surface area contributed by atoms with Gasteiger partial charge in [0, 0.05) is 13.1 Å². The van der Waals surface area contributed by atoms with Crippen LogP contribution >= 0.6 is 0 Å². The number of unbranched alkanes of at least 4 members (excludes halogenated alkanes) is 4. The number of H-pyrrole nitrogens is 1. The van der Waals surface area contributed by atoms with Gasteiger partial charge in [-0.25, -0.2) is 9.78 Å². The Balaban J connectivity index is 1.51. The molecule has 26 heavy (non-hydrogen) atoms. The maximum absolute atomic E-state index is 11.5. The van der Waals surface area contributed by atoms with E-state index in [-0.39, 0.29) is 6.09 Å². The van der Waals surface area contributed by atoms with Crippen LogP contribution in [0.5, 0.6) is 0 Å². The van der Waals surface area contributed by atoms with Gasteiger partial charge in [0.1, 0.15) is 11.1 Å². The summed E-state index contributed by atoms with van der Waals surface area (Å²) in [4.78, 5) is 27.0. The molecule has 0 aliphatic carbocycles. The average Bonchev–Trinajstić information content (AvgIpc) is 3.00. The van der Waals surface area contributed by atoms with Crippen LogP contribution in [0.25, 0.3) is 11.2 Å². The van der Waals surface area contributed by atoms with Crippen molar-refractivity contribution in [2.45, 2.75) is 58.5 Å². The van der Waals surface area contributed by atoms with Crippen molar-refractivity contribution >= 4 is 29.0 Å². The molecule has 144 valence electrons. The molecule has 0 aromatic carbocycles. The van der Waals surface area contributed by atoms with E-state index >= 15 is 0 Å². The Morgan fingerprint density at radius 3 is 2.58 bits per heavy atom. The highest BCUT2D eigenvalue weighted by Crippen LogP contribution is 2.15. The summed E-state index contributed by atoms with van der Waals surface area (Å²) < 4.78 is 5.18. The highest BCUT2D eigenvalue weighted by atomic mass is 16.6. The summed E-state index contributed by atoms with van der Waals surface area (Å²) in [5, 5.41) is 5.95. The SMILES string of the molecule is CC(C)(C)OC(=O)NCCCCCCCNc1nc(N)c2[nH]cnc2n1. The topological polar surface area (TPSA) is 131 Å². The summed E-state index contributed by atoms with van der Waals surface area (Å²) in [6.45, 7) is 6.99. The van der Waals surface area contributed by atoms with E-state index in [4.69, 9.17) is 10.5 Å². The predicted octanol–water partition coefficient (Wildman–Crippen LogP) is 2.82. The number of rotatable bonds is 9. The largest absolute Gasteiger partial charge is 0.444 e. The molecular formula is C17H29N7O2. The number of imidazole rings is 1. The number of alkyl carbamates (subject to hydrolysis) is 1. The van der Waals surface area contributed by atoms with Crippen molar-refractivity contribution in [3.8, 4) is 0 Å². The average molecular weight is 363 g/mol. The van der Waals surface area contributed by atoms with Crippen LogP contribution in [0, 0.1) is 0 Å². The summed E-state index contributed by atoms with van der Waals surface area (Å²) in [7, 11) is 0. The van der Waals surface area contributed by atoms with Crippen molar-refractivity contribution in [3.05, 3.63) is 6.33 Å². The molecule has 0 unspecified atom stereocenters. The molecule has 0 fully saturated rings. The number of hydrogen-bond donors (Lipinski definition) is 4. The number of hydrogen-bond acceptors (Lipinski definition) is 7. The number of anilines is 2. The number of nitrogens with one attached hydrogen (secondary N) is 3. The number of ether oxygens (including phenoxy) is 1. The zero-order valence-electron chi connectivity index (χ0n) is 15.8. The fourth-order valence-corrected chi connectivity index (χ4v) is 2.42. The molecule has 5 N–H and O–H groups in total. The summed E-state index contributed by atoms with van der Waals surface area (Å²) in [5.74, 6) is 0.899. The fourth-order valence-electron chi connectivity index (χ4n) is 2.42. The maximum atomic E-state index is 11.5. The van der Waals surface area contributed by atoms with Crippen molar-refractivity contribution in [3.63, 3.8) is 0 Å². The van der Waals surface area contributed by atoms with Crippen LogP contribution in [0.2, 0.25) is 0 Å². The first kappa shape index (κ1) is 19.7. The van der Waals surface area contributed by atoms with Gasteiger partial charge in [0.25, 0.3) is 0 Å². The molecule has 1 amide bonds. The second kappa shape index (κ2) is 9.21. The van der Waals surface area contributed by atoms with Crippen LogP contribution in [-0.4, -0.2) is 44.7 Å². The predicted molar refractivity (Wildman–Crippen MR) is 102 cm³/mol. The zero-order valence-corrected chi connectivity index (χ0v) is 15.8. The molecule has 2 aromatic rings. The third kappa shape index (κ3) is 6.73. The summed E-state index contributed by atoms with van der Waals surface area (Å²) in [6.07, 6.45) is 6.44. The van der Waals surface area contributed by atoms with Gasteiger partial charge in [0.2, 0.25) is 5.95 Å². The van der Waals surface area contributed by atoms with Crippen molar-refractivity contribution in [2.75, 3.05) is 24.1 Å². The van der Waals surface area contributed by atoms with Gasteiger partial charge in [0.15, 0.2) is 11.5 Å². The molecule has 0 aliphatic heterocycles. The lowest BCUT2D eigenvalue weighted by molar-refractivity contribution is 0.0527. The van der Waals surface area contributed by atoms with Gasteiger partial charge in [0.05, 0.1) is 6.33 Å². The van der Waals surface area contributed by atoms with Gasteiger partial charge in [-0.15, -0.1) is 0 Å². The Hall–Kier alpha value is -2.58. The zero-order chi connectivity index (χ0) is 19.0. The maximum Gasteiger partial charge on any atom is 0.407 e. The lowest BCUT2D eigenvalue weighted by atomic mass is 10.1. The number of nitrogens with two attached hydrogens (primary N) is 1. The van der Waals surface area contributed by atoms with E-state index in [1.54, 1.807) is 6.33 Å². The minimum atomic E-state index is -0.451. The van der Waals surface area contributed by atoms with Gasteiger partial charge in [-0.05, 0) is 33.6 Å². The monoisotopic (exact) mass is 363 g/mol. The summed E-state index contributed by atoms with van der Waals surface area (Å²) in [6, 6.07) is 0. The van der Waals surface area contributed by atoms with E-state index < -0.39 is 5.60 Å². The van der Waals surface area contributed by atoms with Crippen LogP contribution in [0.4, 0.5) is 16.6 Å². The fraction of sp³-hybridized carbons (Fsp3) is 0.647. The second-order valence-corrected chi connectivity index (χ2v) is 7.16. The molecule has 0 saturated carbocycles. The lowest BCUT2D eigenvalue weighted by Crippen LogP contribution is -2.32. The molecular weight excluding hydrogens is 334 g/mol. The molecule has 9 heteroatoms. The minimum Gasteiger partial charge on any atom is -0.444 e. The molecule has 9 nitrogen and oxygen atoms in total. The van der Waals surface area contributed by atoms with Gasteiger partial charge < -0.3 is 26.1 Å². The molecule has 0 atom stereocenters. The Bertz CT molecular complexity index is 709. The molecule has 0 saturated heterocycles. The van der Waals surface area contributed by atoms with E-state index in [2.05, 4.69) is 30.6 Å². The first-order valence-electron chi connectivity index (χ1n) is 9.02. The highest BCUT2D eigenvalue weighted by Gasteiger charge is 2.15. The third-order valence-corrected chi connectivity index (χ3v) is 3.62. The van der Waals surface area contributed by atoms with Crippen molar-refractivity contribution < 1.29 is 9.53 Å². The number of fused-ring (bicyclic) bond motifs is 1. The minimum absolute atomic E-state index is 0.352. The van der Waals surface area contributed by atoms with Crippen LogP contribution in [0.3, 0.4) is 0 Å². The van der Waals surface area contributed by atoms with Gasteiger partial charge in [-0.2, -0.15) is 9.97 Å². The Morgan fingerprint density at radius 1 is 1.15 bits per heavy atom. The van der Waals surface area contributed by atoms with E-state index in [1.807, 2.05) is 20.8 Å². The Kier molecular flexibility index (Phi) is 6.99. The number of amides is 1. The van der Waals surface area contributed by atoms with E-state index in [1.165, 1.54) is 0 Å². The molecule has 2 rings (SSSR count). The van der Waals surface area contributed by atoms with Crippen molar-refractivity contribution in [1.82, 2.24) is 25.3 Å². The molecule has 0 radical (unpaired) electrons. The highest BCUT2D eigenvalue weighted by molar-refractivity contribution is 5.82. The van der Waals surface area contributed by atoms with Crippen molar-refractivity contribution in [1.29, 1.82) is 0 Å². The summed E-state index contributed by atoms with van der Waals surface area (Å²) >= 11 is 0. The van der Waals surface area contributed by atoms with Crippen molar-refractivity contribution in [2.24, 2.45) is 0 Å². The van der Waals surface area contributed by atoms with Crippen LogP contribution < -0.4 is 16.4 Å². The molecule has 0 bridgehead atoms. The quantitative estimate of drug-likeness (QED) is 0.504. The Morgan fingerprint density at radius 2 is 1.85 bits per heavy atom. The second-order valence-electron chi connectivity index (χ2n) is 7.16. The molecule has 0 spiro atoms. The smallest absolute Gasteiger partial charge is 0.407 e. The van der Waals surface area contributed by atoms with Gasteiger partial charge >= 0.3 is 6.09 Å². The van der Waals surface area contributed by atoms with E-state index in [0.29, 0.717) is 29.5 Å². The van der Waals surface area contributed by atoms with E-state index in [9.17, 15) is 4.79 Å². The first-order valence-corrected chi connectivity index (χ1v) is 9.02. The number of nitrogen functional groups attached to an aromatic ring is 1. The first-order chi connectivity index (χ1) is 12.3. The normalized spacial score (nSPS) is 11.5. The third-order valence-electron chi connectivity index (χ3n) is 3.62. The van der Waals surface area contributed by atoms with Crippen LogP contribution in [-0.2, 0) is 4.74 Å². The van der Waals surface area contributed by atoms with Crippen LogP contribution in [0.1, 0.15) is 52.9 Å². The van der Waals surface area contributed by atoms with Gasteiger partial charge in [-0.3, -0.25) is 0 Å². The molecule has 2 aromatic heterocycles. The number of carbonyl (C=O) groups excluding carboxylic acids is 1. The molecule has 0 aliphatic rings. The number of aromatic amines is 1. The van der Waals surface area contributed by atoms with Gasteiger partial charge in [-0.1, -0.05) is 19.3 Å².